The van der Waals surface area contributed by atoms with Crippen LogP contribution in [0, 0.1) is 11.8 Å². The average molecular weight is 601 g/mol. The number of likely N-dealkylation sites (tertiary alicyclic amines) is 2. The summed E-state index contributed by atoms with van der Waals surface area (Å²) >= 11 is 0. The highest BCUT2D eigenvalue weighted by Gasteiger charge is 2.34. The smallest absolute Gasteiger partial charge is 0.317 e. The van der Waals surface area contributed by atoms with Gasteiger partial charge in [0.1, 0.15) is 11.7 Å². The molecular formula is C32H48N4O7. The van der Waals surface area contributed by atoms with Crippen molar-refractivity contribution in [2.24, 2.45) is 17.6 Å². The second kappa shape index (κ2) is 20.3. The lowest BCUT2D eigenvalue weighted by Crippen LogP contribution is -2.50. The van der Waals surface area contributed by atoms with Crippen LogP contribution in [-0.4, -0.2) is 84.0 Å². The Bertz CT molecular complexity index is 1110. The van der Waals surface area contributed by atoms with Crippen LogP contribution in [0.4, 0.5) is 0 Å². The number of Topliss-reactive ketones (excluding diaryl/α,β-unsaturated/α-hetero) is 1. The minimum absolute atomic E-state index is 0. The van der Waals surface area contributed by atoms with Crippen molar-refractivity contribution in [3.05, 3.63) is 71.8 Å². The number of carbonyl (C=O) groups is 4. The van der Waals surface area contributed by atoms with Crippen molar-refractivity contribution in [1.82, 2.24) is 16.0 Å². The van der Waals surface area contributed by atoms with Crippen molar-refractivity contribution in [2.75, 3.05) is 39.4 Å². The molecule has 2 aromatic carbocycles. The van der Waals surface area contributed by atoms with E-state index in [2.05, 4.69) is 34.1 Å². The van der Waals surface area contributed by atoms with Gasteiger partial charge in [0, 0.05) is 58.7 Å². The maximum Gasteiger partial charge on any atom is 0.317 e. The Balaban J connectivity index is 0.000000375. The van der Waals surface area contributed by atoms with E-state index >= 15 is 0 Å². The van der Waals surface area contributed by atoms with E-state index in [9.17, 15) is 14.4 Å². The van der Waals surface area contributed by atoms with Gasteiger partial charge in [-0.25, -0.2) is 0 Å². The molecule has 238 valence electrons. The van der Waals surface area contributed by atoms with Crippen LogP contribution < -0.4 is 11.9 Å². The van der Waals surface area contributed by atoms with Gasteiger partial charge in [0.05, 0.1) is 19.1 Å². The Morgan fingerprint density at radius 1 is 0.837 bits per heavy atom. The molecule has 0 amide bonds. The van der Waals surface area contributed by atoms with E-state index in [1.165, 1.54) is 11.1 Å². The van der Waals surface area contributed by atoms with Gasteiger partial charge in [0.15, 0.2) is 0 Å². The molecule has 11 nitrogen and oxygen atoms in total. The number of carboxylic acid groups (broad SMARTS) is 1. The van der Waals surface area contributed by atoms with E-state index in [4.69, 9.17) is 25.1 Å². The fourth-order valence-corrected chi connectivity index (χ4v) is 4.85. The summed E-state index contributed by atoms with van der Waals surface area (Å²) in [5, 5.41) is 7.42. The normalized spacial score (nSPS) is 20.2. The fourth-order valence-electron chi connectivity index (χ4n) is 4.85. The van der Waals surface area contributed by atoms with Crippen LogP contribution in [0.15, 0.2) is 60.7 Å². The van der Waals surface area contributed by atoms with Gasteiger partial charge in [-0.15, -0.1) is 0 Å². The first-order valence-electron chi connectivity index (χ1n) is 14.5. The van der Waals surface area contributed by atoms with Crippen molar-refractivity contribution in [1.29, 1.82) is 0 Å². The van der Waals surface area contributed by atoms with Crippen LogP contribution in [0.3, 0.4) is 0 Å². The maximum absolute atomic E-state index is 11.9. The van der Waals surface area contributed by atoms with Gasteiger partial charge in [-0.05, 0) is 31.4 Å². The highest BCUT2D eigenvalue weighted by Crippen LogP contribution is 2.20. The van der Waals surface area contributed by atoms with Crippen LogP contribution >= 0.6 is 0 Å². The van der Waals surface area contributed by atoms with E-state index < -0.39 is 11.9 Å². The van der Waals surface area contributed by atoms with Gasteiger partial charge in [-0.2, -0.15) is 0 Å². The van der Waals surface area contributed by atoms with E-state index in [0.717, 1.165) is 33.0 Å². The molecule has 43 heavy (non-hydrogen) atoms. The molecule has 6 N–H and O–H groups in total. The van der Waals surface area contributed by atoms with Gasteiger partial charge in [0.25, 0.3) is 5.97 Å². The van der Waals surface area contributed by atoms with Crippen LogP contribution in [0.25, 0.3) is 0 Å². The summed E-state index contributed by atoms with van der Waals surface area (Å²) in [7, 11) is 0. The zero-order valence-corrected chi connectivity index (χ0v) is 25.7. The number of hydrogen-bond acceptors (Lipinski definition) is 10. The van der Waals surface area contributed by atoms with Crippen molar-refractivity contribution >= 4 is 23.7 Å². The van der Waals surface area contributed by atoms with Crippen molar-refractivity contribution in [3.63, 3.8) is 0 Å². The average Bonchev–Trinajstić information content (AvgIpc) is 2.96. The Kier molecular flexibility index (Phi) is 17.6. The van der Waals surface area contributed by atoms with Crippen LogP contribution in [0.1, 0.15) is 44.7 Å². The van der Waals surface area contributed by atoms with E-state index in [1.54, 1.807) is 6.92 Å². The van der Waals surface area contributed by atoms with Crippen LogP contribution in [0.5, 0.6) is 0 Å². The third-order valence-corrected chi connectivity index (χ3v) is 6.91. The summed E-state index contributed by atoms with van der Waals surface area (Å²) in [6.07, 6.45) is 1.27. The molecule has 2 saturated heterocycles. The molecule has 0 aromatic heterocycles. The molecule has 2 heterocycles. The fraction of sp³-hybridized carbons (Fsp3) is 0.500. The summed E-state index contributed by atoms with van der Waals surface area (Å²) < 4.78 is 10.1. The van der Waals surface area contributed by atoms with Gasteiger partial charge in [-0.1, -0.05) is 60.7 Å². The predicted octanol–water partition coefficient (Wildman–Crippen LogP) is 3.29. The molecule has 4 rings (SSSR count). The Morgan fingerprint density at radius 3 is 1.79 bits per heavy atom. The third kappa shape index (κ3) is 13.9. The minimum Gasteiger partial charge on any atom is -0.481 e. The minimum atomic E-state index is -0.833. The summed E-state index contributed by atoms with van der Waals surface area (Å²) in [5.41, 5.74) is 8.50. The number of carboxylic acids is 1. The number of hydrogen-bond donors (Lipinski definition) is 3. The quantitative estimate of drug-likeness (QED) is 0.299. The number of nitrogens with zero attached hydrogens (tertiary/aromatic N) is 2. The number of carbonyl (C=O) groups excluding carboxylic acids is 3. The Labute approximate surface area is 254 Å². The second-order valence-corrected chi connectivity index (χ2v) is 10.3. The number of esters is 2. The van der Waals surface area contributed by atoms with Gasteiger partial charge in [0.2, 0.25) is 0 Å². The molecule has 2 fully saturated rings. The number of rotatable bonds is 8. The summed E-state index contributed by atoms with van der Waals surface area (Å²) in [6, 6.07) is 20.3. The van der Waals surface area contributed by atoms with Crippen molar-refractivity contribution in [3.8, 4) is 0 Å². The number of ether oxygens (including phenoxy) is 2. The molecule has 2 aliphatic heterocycles. The maximum atomic E-state index is 11.9. The molecule has 3 atom stereocenters. The standard InChI is InChI=1S/C15H22N2O2.C15H19NO3.C2H4O2.H3N/c1-2-19-15(18)13-11-17(9-8-14(13)16)10-12-6-4-3-5-7-12;1-2-19-15(18)13-11-16(9-8-14(13)17)10-12-6-4-3-5-7-12;1-2(3)4;/h3-7,13-14H,2,8-11,16H2,1H3;3-7,13H,2,8-11H2,1H3;1H3,(H,3,4);1H3. The van der Waals surface area contributed by atoms with Gasteiger partial charge in [-0.3, -0.25) is 29.0 Å². The molecule has 0 bridgehead atoms. The van der Waals surface area contributed by atoms with Crippen molar-refractivity contribution in [2.45, 2.75) is 52.7 Å². The zero-order chi connectivity index (χ0) is 30.9. The number of aliphatic carboxylic acids is 1. The summed E-state index contributed by atoms with van der Waals surface area (Å²) in [5.74, 6) is -2.18. The molecule has 0 spiro atoms. The highest BCUT2D eigenvalue weighted by atomic mass is 16.5. The van der Waals surface area contributed by atoms with Gasteiger partial charge < -0.3 is 26.5 Å². The summed E-state index contributed by atoms with van der Waals surface area (Å²) in [6.45, 7) is 9.84. The van der Waals surface area contributed by atoms with Crippen LogP contribution in [-0.2, 0) is 41.7 Å². The molecule has 0 saturated carbocycles. The zero-order valence-electron chi connectivity index (χ0n) is 25.7. The molecule has 3 unspecified atom stereocenters. The number of benzene rings is 2. The van der Waals surface area contributed by atoms with Gasteiger partial charge >= 0.3 is 11.9 Å². The monoisotopic (exact) mass is 600 g/mol. The molecule has 2 aliphatic rings. The first kappa shape index (κ1) is 37.4. The number of piperidine rings is 2. The number of ketones is 1. The molecular weight excluding hydrogens is 552 g/mol. The van der Waals surface area contributed by atoms with Crippen molar-refractivity contribution < 1.29 is 33.8 Å². The second-order valence-electron chi connectivity index (χ2n) is 10.3. The predicted molar refractivity (Wildman–Crippen MR) is 164 cm³/mol. The first-order chi connectivity index (χ1) is 20.1. The number of nitrogens with two attached hydrogens (primary N) is 1. The Morgan fingerprint density at radius 2 is 1.30 bits per heavy atom. The van der Waals surface area contributed by atoms with E-state index in [-0.39, 0.29) is 35.8 Å². The van der Waals surface area contributed by atoms with Crippen LogP contribution in [0.2, 0.25) is 0 Å². The SMILES string of the molecule is CC(=O)O.CCOC(=O)C1CN(Cc2ccccc2)CCC1=O.CCOC(=O)C1CN(Cc2ccccc2)CCC1N.N. The molecule has 0 aliphatic carbocycles. The highest BCUT2D eigenvalue weighted by molar-refractivity contribution is 5.99. The summed E-state index contributed by atoms with van der Waals surface area (Å²) in [4.78, 5) is 48.8. The lowest BCUT2D eigenvalue weighted by Gasteiger charge is -2.35. The largest absolute Gasteiger partial charge is 0.481 e. The topological polar surface area (TPSA) is 174 Å². The Hall–Kier alpha value is -3.64. The third-order valence-electron chi connectivity index (χ3n) is 6.91. The molecule has 2 aromatic rings. The van der Waals surface area contributed by atoms with E-state index in [0.29, 0.717) is 39.3 Å². The molecule has 0 radical (unpaired) electrons. The lowest BCUT2D eigenvalue weighted by molar-refractivity contribution is -0.154. The lowest BCUT2D eigenvalue weighted by atomic mass is 9.92. The first-order valence-corrected chi connectivity index (χ1v) is 14.5. The molecule has 11 heteroatoms. The van der Waals surface area contributed by atoms with E-state index in [1.807, 2.05) is 43.3 Å².